The van der Waals surface area contributed by atoms with Crippen LogP contribution in [0.5, 0.6) is 0 Å². The SMILES string of the molecule is O=C(CCCc1c(-c2ccc3ccccc3n2)[nH]c2ccc(F)cc12)Nc1ccc(Cl)c(Cl)c1. The Kier molecular flexibility index (Phi) is 6.22. The Hall–Kier alpha value is -3.41. The first-order valence-electron chi connectivity index (χ1n) is 10.9. The van der Waals surface area contributed by atoms with E-state index in [-0.39, 0.29) is 11.7 Å². The number of aryl methyl sites for hydroxylation is 1. The molecule has 0 saturated heterocycles. The molecule has 170 valence electrons. The Morgan fingerprint density at radius 1 is 0.971 bits per heavy atom. The van der Waals surface area contributed by atoms with Crippen LogP contribution in [-0.4, -0.2) is 15.9 Å². The van der Waals surface area contributed by atoms with Crippen LogP contribution in [0, 0.1) is 5.82 Å². The van der Waals surface area contributed by atoms with Gasteiger partial charge in [-0.05, 0) is 66.9 Å². The normalized spacial score (nSPS) is 11.3. The van der Waals surface area contributed by atoms with Crippen molar-refractivity contribution in [2.24, 2.45) is 0 Å². The van der Waals surface area contributed by atoms with Gasteiger partial charge in [0, 0.05) is 28.4 Å². The number of amides is 1. The molecule has 0 saturated carbocycles. The number of halogens is 3. The molecule has 2 aromatic heterocycles. The molecule has 0 fully saturated rings. The highest BCUT2D eigenvalue weighted by Gasteiger charge is 2.16. The number of hydrogen-bond acceptors (Lipinski definition) is 2. The third kappa shape index (κ3) is 4.63. The van der Waals surface area contributed by atoms with E-state index in [9.17, 15) is 9.18 Å². The summed E-state index contributed by atoms with van der Waals surface area (Å²) in [6.45, 7) is 0. The van der Waals surface area contributed by atoms with Gasteiger partial charge in [-0.2, -0.15) is 0 Å². The van der Waals surface area contributed by atoms with Gasteiger partial charge >= 0.3 is 0 Å². The monoisotopic (exact) mass is 491 g/mol. The van der Waals surface area contributed by atoms with Crippen LogP contribution >= 0.6 is 23.2 Å². The molecule has 7 heteroatoms. The van der Waals surface area contributed by atoms with E-state index in [0.29, 0.717) is 35.0 Å². The molecule has 2 heterocycles. The summed E-state index contributed by atoms with van der Waals surface area (Å²) in [5.41, 5.74) is 4.88. The number of para-hydroxylation sites is 1. The number of carbonyl (C=O) groups excluding carboxylic acids is 1. The van der Waals surface area contributed by atoms with E-state index in [1.165, 1.54) is 12.1 Å². The maximum absolute atomic E-state index is 14.1. The number of rotatable bonds is 6. The Morgan fingerprint density at radius 2 is 1.82 bits per heavy atom. The molecule has 1 amide bonds. The van der Waals surface area contributed by atoms with Gasteiger partial charge in [0.1, 0.15) is 5.82 Å². The molecular formula is C27H20Cl2FN3O. The van der Waals surface area contributed by atoms with Crippen LogP contribution in [0.15, 0.2) is 72.8 Å². The largest absolute Gasteiger partial charge is 0.353 e. The van der Waals surface area contributed by atoms with E-state index >= 15 is 0 Å². The number of nitrogens with zero attached hydrogens (tertiary/aromatic N) is 1. The molecule has 0 spiro atoms. The number of fused-ring (bicyclic) bond motifs is 2. The van der Waals surface area contributed by atoms with Gasteiger partial charge in [-0.1, -0.05) is 47.5 Å². The van der Waals surface area contributed by atoms with E-state index < -0.39 is 0 Å². The lowest BCUT2D eigenvalue weighted by Crippen LogP contribution is -2.11. The molecule has 0 aliphatic rings. The number of aromatic nitrogens is 2. The van der Waals surface area contributed by atoms with Crippen LogP contribution < -0.4 is 5.32 Å². The predicted octanol–water partition coefficient (Wildman–Crippen LogP) is 7.79. The summed E-state index contributed by atoms with van der Waals surface area (Å²) in [6.07, 6.45) is 1.46. The summed E-state index contributed by atoms with van der Waals surface area (Å²) < 4.78 is 14.1. The average molecular weight is 492 g/mol. The number of hydrogen-bond donors (Lipinski definition) is 2. The van der Waals surface area contributed by atoms with Crippen molar-refractivity contribution in [1.82, 2.24) is 9.97 Å². The van der Waals surface area contributed by atoms with Crippen molar-refractivity contribution in [2.75, 3.05) is 5.32 Å². The minimum Gasteiger partial charge on any atom is -0.353 e. The fourth-order valence-corrected chi connectivity index (χ4v) is 4.42. The highest BCUT2D eigenvalue weighted by atomic mass is 35.5. The van der Waals surface area contributed by atoms with Gasteiger partial charge in [0.15, 0.2) is 0 Å². The number of pyridine rings is 1. The fourth-order valence-electron chi connectivity index (χ4n) is 4.13. The molecule has 5 aromatic rings. The number of carbonyl (C=O) groups is 1. The van der Waals surface area contributed by atoms with E-state index in [1.807, 2.05) is 36.4 Å². The van der Waals surface area contributed by atoms with Crippen molar-refractivity contribution >= 4 is 56.6 Å². The van der Waals surface area contributed by atoms with Crippen LogP contribution in [0.3, 0.4) is 0 Å². The molecule has 5 rings (SSSR count). The van der Waals surface area contributed by atoms with E-state index in [4.69, 9.17) is 28.2 Å². The second kappa shape index (κ2) is 9.45. The summed E-state index contributed by atoms with van der Waals surface area (Å²) in [7, 11) is 0. The highest BCUT2D eigenvalue weighted by Crippen LogP contribution is 2.32. The van der Waals surface area contributed by atoms with Gasteiger partial charge in [-0.25, -0.2) is 9.37 Å². The van der Waals surface area contributed by atoms with Gasteiger partial charge in [-0.3, -0.25) is 4.79 Å². The van der Waals surface area contributed by atoms with Crippen LogP contribution in [0.2, 0.25) is 10.0 Å². The molecule has 4 nitrogen and oxygen atoms in total. The lowest BCUT2D eigenvalue weighted by Gasteiger charge is -2.08. The van der Waals surface area contributed by atoms with E-state index in [0.717, 1.165) is 38.8 Å². The van der Waals surface area contributed by atoms with Crippen molar-refractivity contribution in [3.8, 4) is 11.4 Å². The number of H-pyrrole nitrogens is 1. The van der Waals surface area contributed by atoms with Crippen molar-refractivity contribution in [2.45, 2.75) is 19.3 Å². The molecule has 3 aromatic carbocycles. The molecule has 0 atom stereocenters. The third-order valence-corrected chi connectivity index (χ3v) is 6.50. The first-order valence-corrected chi connectivity index (χ1v) is 11.6. The maximum atomic E-state index is 14.1. The van der Waals surface area contributed by atoms with Crippen LogP contribution in [0.1, 0.15) is 18.4 Å². The lowest BCUT2D eigenvalue weighted by molar-refractivity contribution is -0.116. The first-order chi connectivity index (χ1) is 16.5. The summed E-state index contributed by atoms with van der Waals surface area (Å²) in [5.74, 6) is -0.432. The molecule has 2 N–H and O–H groups in total. The average Bonchev–Trinajstić information content (AvgIpc) is 3.19. The summed E-state index contributed by atoms with van der Waals surface area (Å²) >= 11 is 12.0. The first kappa shape index (κ1) is 22.4. The molecule has 0 aliphatic heterocycles. The standard InChI is InChI=1S/C27H20Cl2FN3O/c28-21-11-10-18(15-22(21)29)31-26(34)7-3-5-19-20-14-17(30)9-13-24(20)33-27(19)25-12-8-16-4-1-2-6-23(16)32-25/h1-2,4,6,8-15,33H,3,5,7H2,(H,31,34). The molecule has 34 heavy (non-hydrogen) atoms. The number of nitrogens with one attached hydrogen (secondary N) is 2. The van der Waals surface area contributed by atoms with Gasteiger partial charge in [0.25, 0.3) is 0 Å². The van der Waals surface area contributed by atoms with Crippen LogP contribution in [0.25, 0.3) is 33.2 Å². The second-order valence-corrected chi connectivity index (χ2v) is 8.90. The van der Waals surface area contributed by atoms with Crippen molar-refractivity contribution < 1.29 is 9.18 Å². The minimum absolute atomic E-state index is 0.130. The highest BCUT2D eigenvalue weighted by molar-refractivity contribution is 6.42. The zero-order valence-electron chi connectivity index (χ0n) is 18.0. The van der Waals surface area contributed by atoms with Crippen molar-refractivity contribution in [3.63, 3.8) is 0 Å². The smallest absolute Gasteiger partial charge is 0.224 e. The maximum Gasteiger partial charge on any atom is 0.224 e. The lowest BCUT2D eigenvalue weighted by atomic mass is 10.0. The number of benzene rings is 3. The molecular weight excluding hydrogens is 472 g/mol. The Balaban J connectivity index is 1.39. The molecule has 0 bridgehead atoms. The minimum atomic E-state index is -0.303. The third-order valence-electron chi connectivity index (χ3n) is 5.76. The molecule has 0 radical (unpaired) electrons. The second-order valence-electron chi connectivity index (χ2n) is 8.09. The zero-order chi connectivity index (χ0) is 23.7. The van der Waals surface area contributed by atoms with Crippen molar-refractivity contribution in [3.05, 3.63) is 94.2 Å². The van der Waals surface area contributed by atoms with E-state index in [1.54, 1.807) is 24.3 Å². The van der Waals surface area contributed by atoms with Crippen molar-refractivity contribution in [1.29, 1.82) is 0 Å². The van der Waals surface area contributed by atoms with Crippen LogP contribution in [-0.2, 0) is 11.2 Å². The zero-order valence-corrected chi connectivity index (χ0v) is 19.6. The summed E-state index contributed by atoms with van der Waals surface area (Å²) in [4.78, 5) is 20.7. The molecule has 0 unspecified atom stereocenters. The Labute approximate surface area is 205 Å². The Bertz CT molecular complexity index is 1530. The fraction of sp³-hybridized carbons (Fsp3) is 0.111. The predicted molar refractivity (Wildman–Crippen MR) is 137 cm³/mol. The molecule has 0 aliphatic carbocycles. The van der Waals surface area contributed by atoms with Crippen LogP contribution in [0.4, 0.5) is 10.1 Å². The van der Waals surface area contributed by atoms with Gasteiger partial charge in [0.2, 0.25) is 5.91 Å². The Morgan fingerprint density at radius 3 is 2.68 bits per heavy atom. The van der Waals surface area contributed by atoms with Gasteiger partial charge in [-0.15, -0.1) is 0 Å². The number of aromatic amines is 1. The summed E-state index contributed by atoms with van der Waals surface area (Å²) in [5, 5.41) is 5.51. The van der Waals surface area contributed by atoms with Gasteiger partial charge in [0.05, 0.1) is 26.9 Å². The topological polar surface area (TPSA) is 57.8 Å². The quantitative estimate of drug-likeness (QED) is 0.254. The number of anilines is 1. The van der Waals surface area contributed by atoms with E-state index in [2.05, 4.69) is 10.3 Å². The summed E-state index contributed by atoms with van der Waals surface area (Å²) in [6, 6.07) is 21.6. The van der Waals surface area contributed by atoms with Gasteiger partial charge < -0.3 is 10.3 Å².